The van der Waals surface area contributed by atoms with Gasteiger partial charge >= 0.3 is 18.1 Å². The highest BCUT2D eigenvalue weighted by atomic mass is 16.8. The van der Waals surface area contributed by atoms with Crippen LogP contribution in [-0.2, 0) is 23.9 Å². The van der Waals surface area contributed by atoms with Crippen molar-refractivity contribution in [3.8, 4) is 0 Å². The van der Waals surface area contributed by atoms with Crippen LogP contribution in [0, 0.1) is 0 Å². The summed E-state index contributed by atoms with van der Waals surface area (Å²) in [4.78, 5) is 38.8. The summed E-state index contributed by atoms with van der Waals surface area (Å²) in [6.45, 7) is 3.23. The van der Waals surface area contributed by atoms with Gasteiger partial charge in [-0.15, -0.1) is 5.48 Å². The Kier molecular flexibility index (Phi) is 8.28. The Morgan fingerprint density at radius 2 is 1.88 bits per heavy atom. The quantitative estimate of drug-likeness (QED) is 0.400. The average Bonchev–Trinajstić information content (AvgIpc) is 2.54. The molecule has 2 N–H and O–H groups in total. The summed E-state index contributed by atoms with van der Waals surface area (Å²) in [5, 5.41) is 9.30. The van der Waals surface area contributed by atoms with E-state index in [9.17, 15) is 19.5 Å². The maximum Gasteiger partial charge on any atom is 0.527 e. The van der Waals surface area contributed by atoms with Crippen molar-refractivity contribution < 1.29 is 33.8 Å². The SMILES string of the molecule is CCCCOC(=O)ON[C@@H](c1ccccc1)[C@@H](OC(C)=O)C(=O)O. The number of rotatable bonds is 9. The van der Waals surface area contributed by atoms with Crippen LogP contribution in [-0.4, -0.2) is 35.9 Å². The van der Waals surface area contributed by atoms with Crippen molar-refractivity contribution in [1.29, 1.82) is 0 Å². The minimum absolute atomic E-state index is 0.194. The fourth-order valence-corrected chi connectivity index (χ4v) is 1.85. The van der Waals surface area contributed by atoms with E-state index in [1.165, 1.54) is 0 Å². The van der Waals surface area contributed by atoms with Gasteiger partial charge in [0.05, 0.1) is 6.61 Å². The summed E-state index contributed by atoms with van der Waals surface area (Å²) in [6, 6.07) is 7.23. The normalized spacial score (nSPS) is 12.8. The highest BCUT2D eigenvalue weighted by molar-refractivity contribution is 5.78. The van der Waals surface area contributed by atoms with Crippen molar-refractivity contribution in [1.82, 2.24) is 5.48 Å². The highest BCUT2D eigenvalue weighted by Gasteiger charge is 2.33. The highest BCUT2D eigenvalue weighted by Crippen LogP contribution is 2.20. The van der Waals surface area contributed by atoms with Crippen molar-refractivity contribution >= 4 is 18.1 Å². The van der Waals surface area contributed by atoms with Gasteiger partial charge in [0.2, 0.25) is 6.10 Å². The van der Waals surface area contributed by atoms with Crippen LogP contribution in [0.4, 0.5) is 4.79 Å². The number of benzene rings is 1. The van der Waals surface area contributed by atoms with Gasteiger partial charge < -0.3 is 19.4 Å². The van der Waals surface area contributed by atoms with Gasteiger partial charge in [-0.05, 0) is 12.0 Å². The molecule has 0 spiro atoms. The number of aliphatic carboxylic acids is 1. The number of carbonyl (C=O) groups excluding carboxylic acids is 2. The molecule has 8 heteroatoms. The van der Waals surface area contributed by atoms with E-state index in [1.807, 2.05) is 6.92 Å². The zero-order valence-electron chi connectivity index (χ0n) is 13.6. The Labute approximate surface area is 139 Å². The molecule has 0 aliphatic carbocycles. The van der Waals surface area contributed by atoms with Gasteiger partial charge in [-0.3, -0.25) is 4.79 Å². The van der Waals surface area contributed by atoms with Crippen molar-refractivity contribution in [3.63, 3.8) is 0 Å². The number of ether oxygens (including phenoxy) is 2. The number of carboxylic acid groups (broad SMARTS) is 1. The topological polar surface area (TPSA) is 111 Å². The Morgan fingerprint density at radius 1 is 1.21 bits per heavy atom. The molecular formula is C16H21NO7. The largest absolute Gasteiger partial charge is 0.527 e. The second-order valence-electron chi connectivity index (χ2n) is 4.93. The van der Waals surface area contributed by atoms with Crippen LogP contribution in [0.2, 0.25) is 0 Å². The molecule has 1 aromatic rings. The summed E-state index contributed by atoms with van der Waals surface area (Å²) < 4.78 is 9.64. The Hall–Kier alpha value is -2.61. The van der Waals surface area contributed by atoms with E-state index in [4.69, 9.17) is 14.3 Å². The molecule has 1 rings (SSSR count). The first kappa shape index (κ1) is 19.4. The summed E-state index contributed by atoms with van der Waals surface area (Å²) in [5.41, 5.74) is 2.78. The van der Waals surface area contributed by atoms with Crippen molar-refractivity contribution in [3.05, 3.63) is 35.9 Å². The van der Waals surface area contributed by atoms with Gasteiger partial charge in [0.15, 0.2) is 0 Å². The Morgan fingerprint density at radius 3 is 2.42 bits per heavy atom. The maximum atomic E-state index is 11.5. The molecule has 1 aromatic carbocycles. The van der Waals surface area contributed by atoms with Gasteiger partial charge in [0.1, 0.15) is 6.04 Å². The summed E-state index contributed by atoms with van der Waals surface area (Å²) in [5.74, 6) is -2.15. The number of hydroxylamine groups is 1. The van der Waals surface area contributed by atoms with Crippen molar-refractivity contribution in [2.24, 2.45) is 0 Å². The third-order valence-electron chi connectivity index (χ3n) is 2.98. The molecule has 8 nitrogen and oxygen atoms in total. The van der Waals surface area contributed by atoms with E-state index >= 15 is 0 Å². The molecule has 0 saturated heterocycles. The lowest BCUT2D eigenvalue weighted by Gasteiger charge is -2.24. The van der Waals surface area contributed by atoms with Crippen LogP contribution in [0.3, 0.4) is 0 Å². The first-order chi connectivity index (χ1) is 11.5. The molecular weight excluding hydrogens is 318 g/mol. The van der Waals surface area contributed by atoms with Crippen LogP contribution in [0.15, 0.2) is 30.3 Å². The molecule has 0 amide bonds. The first-order valence-electron chi connectivity index (χ1n) is 7.49. The van der Waals surface area contributed by atoms with Crippen molar-refractivity contribution in [2.75, 3.05) is 6.61 Å². The number of carbonyl (C=O) groups is 3. The minimum Gasteiger partial charge on any atom is -0.478 e. The third-order valence-corrected chi connectivity index (χ3v) is 2.98. The summed E-state index contributed by atoms with van der Waals surface area (Å²) in [6.07, 6.45) is -1.03. The molecule has 0 aliphatic heterocycles. The molecule has 0 saturated carbocycles. The van der Waals surface area contributed by atoms with Crippen LogP contribution < -0.4 is 5.48 Å². The van der Waals surface area contributed by atoms with E-state index < -0.39 is 30.2 Å². The van der Waals surface area contributed by atoms with E-state index in [2.05, 4.69) is 5.48 Å². The molecule has 0 unspecified atom stereocenters. The summed E-state index contributed by atoms with van der Waals surface area (Å²) in [7, 11) is 0. The first-order valence-corrected chi connectivity index (χ1v) is 7.49. The fourth-order valence-electron chi connectivity index (χ4n) is 1.85. The second-order valence-corrected chi connectivity index (χ2v) is 4.93. The molecule has 0 bridgehead atoms. The average molecular weight is 339 g/mol. The molecule has 0 radical (unpaired) electrons. The second kappa shape index (κ2) is 10.2. The molecule has 132 valence electrons. The number of carboxylic acids is 1. The molecule has 0 aliphatic rings. The maximum absolute atomic E-state index is 11.5. The van der Waals surface area contributed by atoms with E-state index in [-0.39, 0.29) is 6.61 Å². The number of esters is 1. The van der Waals surface area contributed by atoms with Gasteiger partial charge in [-0.25, -0.2) is 9.59 Å². The number of nitrogens with one attached hydrogen (secondary N) is 1. The molecule has 0 fully saturated rings. The molecule has 0 aromatic heterocycles. The zero-order chi connectivity index (χ0) is 17.9. The molecule has 24 heavy (non-hydrogen) atoms. The van der Waals surface area contributed by atoms with E-state index in [0.29, 0.717) is 12.0 Å². The lowest BCUT2D eigenvalue weighted by molar-refractivity contribution is -0.167. The number of hydrogen-bond donors (Lipinski definition) is 2. The Balaban J connectivity index is 2.83. The molecule has 0 heterocycles. The summed E-state index contributed by atoms with van der Waals surface area (Å²) >= 11 is 0. The Bertz CT molecular complexity index is 547. The predicted octanol–water partition coefficient (Wildman–Crippen LogP) is 2.20. The van der Waals surface area contributed by atoms with Crippen LogP contribution in [0.1, 0.15) is 38.3 Å². The predicted molar refractivity (Wildman–Crippen MR) is 82.8 cm³/mol. The lowest BCUT2D eigenvalue weighted by Crippen LogP contribution is -2.41. The van der Waals surface area contributed by atoms with Crippen LogP contribution >= 0.6 is 0 Å². The van der Waals surface area contributed by atoms with E-state index in [1.54, 1.807) is 30.3 Å². The third kappa shape index (κ3) is 6.66. The van der Waals surface area contributed by atoms with Crippen LogP contribution in [0.25, 0.3) is 0 Å². The minimum atomic E-state index is -1.58. The van der Waals surface area contributed by atoms with E-state index in [0.717, 1.165) is 13.3 Å². The monoisotopic (exact) mass is 339 g/mol. The number of hydrogen-bond acceptors (Lipinski definition) is 7. The zero-order valence-corrected chi connectivity index (χ0v) is 13.6. The number of unbranched alkanes of at least 4 members (excludes halogenated alkanes) is 1. The standard InChI is InChI=1S/C16H21NO7/c1-3-4-10-22-16(21)24-17-13(12-8-6-5-7-9-12)14(15(19)20)23-11(2)18/h5-9,13-14,17H,3-4,10H2,1-2H3,(H,19,20)/t13-,14+/m0/s1. The van der Waals surface area contributed by atoms with Gasteiger partial charge in [-0.2, -0.15) is 0 Å². The van der Waals surface area contributed by atoms with Gasteiger partial charge in [-0.1, -0.05) is 43.7 Å². The van der Waals surface area contributed by atoms with Gasteiger partial charge in [0.25, 0.3) is 0 Å². The fraction of sp³-hybridized carbons (Fsp3) is 0.438. The molecule has 2 atom stereocenters. The van der Waals surface area contributed by atoms with Gasteiger partial charge in [0, 0.05) is 6.92 Å². The lowest BCUT2D eigenvalue weighted by atomic mass is 10.0. The van der Waals surface area contributed by atoms with Crippen LogP contribution in [0.5, 0.6) is 0 Å². The van der Waals surface area contributed by atoms with Crippen molar-refractivity contribution in [2.45, 2.75) is 38.8 Å². The smallest absolute Gasteiger partial charge is 0.478 e.